The first kappa shape index (κ1) is 38.3. The zero-order valence-electron chi connectivity index (χ0n) is 33.1. The van der Waals surface area contributed by atoms with Crippen LogP contribution in [0.3, 0.4) is 0 Å². The zero-order valence-corrected chi connectivity index (χ0v) is 33.1. The number of nitriles is 2. The molecule has 2 aromatic carbocycles. The van der Waals surface area contributed by atoms with E-state index in [4.69, 9.17) is 0 Å². The van der Waals surface area contributed by atoms with Crippen molar-refractivity contribution >= 4 is 11.6 Å². The molecule has 0 radical (unpaired) electrons. The number of aromatic amines is 2. The second kappa shape index (κ2) is 13.0. The number of ketones is 2. The highest BCUT2D eigenvalue weighted by Crippen LogP contribution is 2.57. The minimum atomic E-state index is -2.66. The van der Waals surface area contributed by atoms with Crippen LogP contribution in [-0.4, -0.2) is 37.9 Å². The minimum absolute atomic E-state index is 0.0624. The highest BCUT2D eigenvalue weighted by Gasteiger charge is 2.54. The topological polar surface area (TPSA) is 139 Å². The maximum absolute atomic E-state index is 14.7. The van der Waals surface area contributed by atoms with E-state index in [1.165, 1.54) is 0 Å². The number of carbonyl (C=O) groups is 2. The summed E-state index contributed by atoms with van der Waals surface area (Å²) in [7, 11) is 0. The SMILES string of the molecule is CC1(C)CC(=O)C2=C(Cc3[nH]nc(C4CC(F)(F)C4)c3C2(C)c2cccc(C#N)c2)C1.CC1(C)CC(=O)C2=C(Cc3[nH]nc(F)c3C2(C)c2cccc(C#N)c2)C1. The molecule has 2 N–H and O–H groups in total. The number of alkyl halides is 2. The van der Waals surface area contributed by atoms with Crippen LogP contribution < -0.4 is 0 Å². The number of fused-ring (bicyclic) bond motifs is 2. The number of aromatic nitrogens is 4. The highest BCUT2D eigenvalue weighted by atomic mass is 19.3. The molecule has 11 heteroatoms. The average Bonchev–Trinajstić information content (AvgIpc) is 3.73. The lowest BCUT2D eigenvalue weighted by molar-refractivity contribution is -0.119. The first-order chi connectivity index (χ1) is 26.8. The monoisotopic (exact) mass is 770 g/mol. The molecule has 8 nitrogen and oxygen atoms in total. The Labute approximate surface area is 330 Å². The molecule has 9 rings (SSSR count). The van der Waals surface area contributed by atoms with Crippen molar-refractivity contribution < 1.29 is 22.8 Å². The van der Waals surface area contributed by atoms with Gasteiger partial charge < -0.3 is 0 Å². The Bertz CT molecular complexity index is 2530. The lowest BCUT2D eigenvalue weighted by Gasteiger charge is -2.45. The summed E-state index contributed by atoms with van der Waals surface area (Å²) in [4.78, 5) is 26.7. The summed E-state index contributed by atoms with van der Waals surface area (Å²) in [6.45, 7) is 12.3. The van der Waals surface area contributed by atoms with Gasteiger partial charge in [0, 0.05) is 83.5 Å². The van der Waals surface area contributed by atoms with Gasteiger partial charge >= 0.3 is 0 Å². The quantitative estimate of drug-likeness (QED) is 0.213. The normalized spacial score (nSPS) is 25.5. The molecule has 0 spiro atoms. The molecule has 0 amide bonds. The molecule has 2 atom stereocenters. The van der Waals surface area contributed by atoms with Crippen LogP contribution in [0.4, 0.5) is 13.2 Å². The van der Waals surface area contributed by atoms with E-state index in [1.54, 1.807) is 24.3 Å². The van der Waals surface area contributed by atoms with Crippen molar-refractivity contribution in [1.82, 2.24) is 20.4 Å². The molecule has 1 fully saturated rings. The van der Waals surface area contributed by atoms with Crippen molar-refractivity contribution in [2.24, 2.45) is 10.8 Å². The number of hydrogen-bond acceptors (Lipinski definition) is 6. The summed E-state index contributed by atoms with van der Waals surface area (Å²) >= 11 is 0. The number of allylic oxidation sites excluding steroid dienone is 4. The van der Waals surface area contributed by atoms with Crippen molar-refractivity contribution in [2.45, 2.75) is 116 Å². The number of nitrogens with zero attached hydrogens (tertiary/aromatic N) is 4. The molecule has 0 bridgehead atoms. The van der Waals surface area contributed by atoms with Crippen LogP contribution in [0.25, 0.3) is 0 Å². The largest absolute Gasteiger partial charge is 0.294 e. The molecule has 2 unspecified atom stereocenters. The van der Waals surface area contributed by atoms with Crippen molar-refractivity contribution in [3.8, 4) is 12.1 Å². The van der Waals surface area contributed by atoms with Gasteiger partial charge in [0.25, 0.3) is 0 Å². The van der Waals surface area contributed by atoms with Gasteiger partial charge in [-0.3, -0.25) is 19.8 Å². The van der Waals surface area contributed by atoms with Gasteiger partial charge in [-0.1, -0.05) is 63.1 Å². The number of hydrogen-bond donors (Lipinski definition) is 2. The molecule has 5 aliphatic rings. The third-order valence-electron chi connectivity index (χ3n) is 13.0. The second-order valence-electron chi connectivity index (χ2n) is 18.6. The molecule has 2 aromatic heterocycles. The summed E-state index contributed by atoms with van der Waals surface area (Å²) in [6, 6.07) is 18.7. The van der Waals surface area contributed by atoms with Crippen LogP contribution >= 0.6 is 0 Å². The Balaban J connectivity index is 0.000000162. The Hall–Kier alpha value is -5.55. The lowest BCUT2D eigenvalue weighted by Crippen LogP contribution is -2.42. The summed E-state index contributed by atoms with van der Waals surface area (Å²) in [5, 5.41) is 33.0. The van der Waals surface area contributed by atoms with Gasteiger partial charge in [-0.15, -0.1) is 5.10 Å². The Morgan fingerprint density at radius 1 is 0.684 bits per heavy atom. The van der Waals surface area contributed by atoms with Crippen LogP contribution in [0.15, 0.2) is 70.8 Å². The molecule has 5 aliphatic carbocycles. The van der Waals surface area contributed by atoms with Gasteiger partial charge in [0.15, 0.2) is 11.6 Å². The first-order valence-corrected chi connectivity index (χ1v) is 19.5. The van der Waals surface area contributed by atoms with Crippen LogP contribution in [0, 0.1) is 39.4 Å². The van der Waals surface area contributed by atoms with Crippen LogP contribution in [0.5, 0.6) is 0 Å². The highest BCUT2D eigenvalue weighted by molar-refractivity contribution is 6.02. The number of rotatable bonds is 3. The summed E-state index contributed by atoms with van der Waals surface area (Å²) in [5.74, 6) is -3.39. The van der Waals surface area contributed by atoms with Crippen molar-refractivity contribution in [1.29, 1.82) is 10.5 Å². The summed E-state index contributed by atoms with van der Waals surface area (Å²) in [6.07, 6.45) is 3.15. The maximum Gasteiger partial charge on any atom is 0.249 e. The standard InChI is InChI=1S/C25H25F2N3O.C21H20FN3O/c1-23(2)9-15-8-18-21(22(30-29-18)16-10-25(26,27)11-16)24(3,20(15)19(31)12-23)17-6-4-5-14(7-17)13-28;1-20(2)9-13-8-15-18(19(22)25-24-15)21(3,17(13)16(26)10-20)14-6-4-5-12(7-14)11-23/h4-7,16H,8-12H2,1-3H3,(H,29,30);4-7H,8-10H2,1-3H3,(H,24,25). The van der Waals surface area contributed by atoms with E-state index in [0.717, 1.165) is 57.6 Å². The fourth-order valence-corrected chi connectivity index (χ4v) is 10.7. The minimum Gasteiger partial charge on any atom is -0.294 e. The number of Topliss-reactive ketones (excluding diaryl/α,β-unsaturated/α-hetero) is 2. The van der Waals surface area contributed by atoms with E-state index in [0.29, 0.717) is 53.6 Å². The zero-order chi connectivity index (χ0) is 40.9. The molecule has 292 valence electrons. The Morgan fingerprint density at radius 2 is 1.14 bits per heavy atom. The smallest absolute Gasteiger partial charge is 0.249 e. The van der Waals surface area contributed by atoms with E-state index >= 15 is 0 Å². The van der Waals surface area contributed by atoms with Crippen LogP contribution in [0.1, 0.15) is 136 Å². The average molecular weight is 771 g/mol. The van der Waals surface area contributed by atoms with Gasteiger partial charge in [0.05, 0.1) is 34.4 Å². The first-order valence-electron chi connectivity index (χ1n) is 19.5. The third kappa shape index (κ3) is 6.18. The van der Waals surface area contributed by atoms with Gasteiger partial charge in [-0.25, -0.2) is 8.78 Å². The number of benzene rings is 2. The summed E-state index contributed by atoms with van der Waals surface area (Å²) < 4.78 is 42.1. The number of halogens is 3. The van der Waals surface area contributed by atoms with E-state index in [-0.39, 0.29) is 41.2 Å². The molecule has 1 saturated carbocycles. The molecular weight excluding hydrogens is 726 g/mol. The lowest BCUT2D eigenvalue weighted by atomic mass is 9.57. The molecule has 0 saturated heterocycles. The molecule has 0 aliphatic heterocycles. The maximum atomic E-state index is 14.7. The molecule has 4 aromatic rings. The van der Waals surface area contributed by atoms with Crippen molar-refractivity contribution in [3.63, 3.8) is 0 Å². The Kier molecular flexibility index (Phi) is 8.74. The summed E-state index contributed by atoms with van der Waals surface area (Å²) in [5.41, 5.74) is 7.73. The number of H-pyrrole nitrogens is 2. The molecule has 2 heterocycles. The fourth-order valence-electron chi connectivity index (χ4n) is 10.7. The van der Waals surface area contributed by atoms with Crippen molar-refractivity contribution in [3.05, 3.63) is 127 Å². The predicted molar refractivity (Wildman–Crippen MR) is 207 cm³/mol. The predicted octanol–water partition coefficient (Wildman–Crippen LogP) is 9.31. The van der Waals surface area contributed by atoms with Crippen LogP contribution in [-0.2, 0) is 33.3 Å². The molecule has 57 heavy (non-hydrogen) atoms. The van der Waals surface area contributed by atoms with Gasteiger partial charge in [-0.2, -0.15) is 20.0 Å². The fraction of sp³-hybridized carbons (Fsp3) is 0.435. The van der Waals surface area contributed by atoms with E-state index in [2.05, 4.69) is 60.2 Å². The molecular formula is C46H45F3N6O2. The van der Waals surface area contributed by atoms with E-state index in [9.17, 15) is 33.3 Å². The van der Waals surface area contributed by atoms with E-state index in [1.807, 2.05) is 38.1 Å². The van der Waals surface area contributed by atoms with Crippen molar-refractivity contribution in [2.75, 3.05) is 0 Å². The van der Waals surface area contributed by atoms with Gasteiger partial charge in [0.2, 0.25) is 11.9 Å². The third-order valence-corrected chi connectivity index (χ3v) is 13.0. The van der Waals surface area contributed by atoms with E-state index < -0.39 is 22.7 Å². The number of carbonyl (C=O) groups excluding carboxylic acids is 2. The van der Waals surface area contributed by atoms with Crippen LogP contribution in [0.2, 0.25) is 0 Å². The van der Waals surface area contributed by atoms with Gasteiger partial charge in [-0.05, 0) is 72.9 Å². The van der Waals surface area contributed by atoms with Gasteiger partial charge in [0.1, 0.15) is 0 Å². The Morgan fingerprint density at radius 3 is 1.61 bits per heavy atom. The number of nitrogens with one attached hydrogen (secondary N) is 2. The second-order valence-corrected chi connectivity index (χ2v) is 18.6.